The normalized spacial score (nSPS) is 16.2. The Morgan fingerprint density at radius 1 is 1.19 bits per heavy atom. The second kappa shape index (κ2) is 8.54. The number of nitrogens with zero attached hydrogens (tertiary/aromatic N) is 1. The van der Waals surface area contributed by atoms with Crippen LogP contribution in [0.4, 0.5) is 0 Å². The van der Waals surface area contributed by atoms with E-state index in [0.717, 1.165) is 43.2 Å². The number of fused-ring (bicyclic) bond motifs is 1. The number of benzene rings is 2. The van der Waals surface area contributed by atoms with Gasteiger partial charge in [0.2, 0.25) is 0 Å². The van der Waals surface area contributed by atoms with Crippen LogP contribution in [0.1, 0.15) is 44.0 Å². The summed E-state index contributed by atoms with van der Waals surface area (Å²) in [6, 6.07) is 12.5. The van der Waals surface area contributed by atoms with Crippen molar-refractivity contribution in [3.8, 4) is 5.75 Å². The Kier molecular flexibility index (Phi) is 6.15. The lowest BCUT2D eigenvalue weighted by atomic mass is 9.95. The van der Waals surface area contributed by atoms with Crippen LogP contribution in [-0.2, 0) is 0 Å². The van der Waals surface area contributed by atoms with E-state index in [1.54, 1.807) is 0 Å². The molecule has 26 heavy (non-hydrogen) atoms. The van der Waals surface area contributed by atoms with E-state index in [-0.39, 0.29) is 5.91 Å². The summed E-state index contributed by atoms with van der Waals surface area (Å²) in [7, 11) is 0. The van der Waals surface area contributed by atoms with Crippen molar-refractivity contribution >= 4 is 16.7 Å². The average molecular weight is 354 g/mol. The van der Waals surface area contributed by atoms with Crippen LogP contribution in [-0.4, -0.2) is 43.1 Å². The van der Waals surface area contributed by atoms with E-state index >= 15 is 0 Å². The SMILES string of the molecule is CCOc1ccc2ccccc2c1C(=O)NCC1CCN(C(C)C)CC1. The zero-order valence-corrected chi connectivity index (χ0v) is 16.1. The molecule has 4 nitrogen and oxygen atoms in total. The summed E-state index contributed by atoms with van der Waals surface area (Å²) >= 11 is 0. The van der Waals surface area contributed by atoms with Crippen molar-refractivity contribution in [1.82, 2.24) is 10.2 Å². The Hall–Kier alpha value is -2.07. The highest BCUT2D eigenvalue weighted by molar-refractivity contribution is 6.09. The molecular weight excluding hydrogens is 324 g/mol. The smallest absolute Gasteiger partial charge is 0.255 e. The third-order valence-electron chi connectivity index (χ3n) is 5.35. The third-order valence-corrected chi connectivity index (χ3v) is 5.35. The van der Waals surface area contributed by atoms with Gasteiger partial charge in [-0.2, -0.15) is 0 Å². The van der Waals surface area contributed by atoms with E-state index in [1.807, 2.05) is 43.3 Å². The van der Waals surface area contributed by atoms with Crippen LogP contribution in [0.3, 0.4) is 0 Å². The molecule has 1 fully saturated rings. The molecule has 2 aromatic carbocycles. The van der Waals surface area contributed by atoms with Gasteiger partial charge in [-0.1, -0.05) is 30.3 Å². The van der Waals surface area contributed by atoms with Gasteiger partial charge in [-0.25, -0.2) is 0 Å². The standard InChI is InChI=1S/C22H30N2O2/c1-4-26-20-10-9-18-7-5-6-8-19(18)21(20)22(25)23-15-17-11-13-24(14-12-17)16(2)3/h5-10,16-17H,4,11-15H2,1-3H3,(H,23,25). The number of amides is 1. The van der Waals surface area contributed by atoms with Gasteiger partial charge in [0.1, 0.15) is 5.75 Å². The number of carbonyl (C=O) groups excluding carboxylic acids is 1. The predicted octanol–water partition coefficient (Wildman–Crippen LogP) is 4.09. The molecule has 1 amide bonds. The zero-order chi connectivity index (χ0) is 18.5. The molecule has 0 spiro atoms. The fraction of sp³-hybridized carbons (Fsp3) is 0.500. The largest absolute Gasteiger partial charge is 0.493 e. The van der Waals surface area contributed by atoms with Crippen LogP contribution >= 0.6 is 0 Å². The number of piperidine rings is 1. The number of nitrogens with one attached hydrogen (secondary N) is 1. The van der Waals surface area contributed by atoms with Crippen molar-refractivity contribution in [1.29, 1.82) is 0 Å². The first-order valence-electron chi connectivity index (χ1n) is 9.77. The molecule has 1 saturated heterocycles. The molecule has 2 aromatic rings. The fourth-order valence-corrected chi connectivity index (χ4v) is 3.76. The van der Waals surface area contributed by atoms with Crippen molar-refractivity contribution in [3.63, 3.8) is 0 Å². The molecule has 140 valence electrons. The summed E-state index contributed by atoms with van der Waals surface area (Å²) in [5.41, 5.74) is 0.657. The number of hydrogen-bond acceptors (Lipinski definition) is 3. The van der Waals surface area contributed by atoms with Crippen molar-refractivity contribution in [2.75, 3.05) is 26.2 Å². The van der Waals surface area contributed by atoms with Gasteiger partial charge >= 0.3 is 0 Å². The lowest BCUT2D eigenvalue weighted by Crippen LogP contribution is -2.41. The summed E-state index contributed by atoms with van der Waals surface area (Å²) in [5.74, 6) is 1.19. The van der Waals surface area contributed by atoms with Crippen molar-refractivity contribution in [2.45, 2.75) is 39.7 Å². The summed E-state index contributed by atoms with van der Waals surface area (Å²) in [4.78, 5) is 15.5. The third kappa shape index (κ3) is 4.18. The van der Waals surface area contributed by atoms with Crippen molar-refractivity contribution in [3.05, 3.63) is 42.0 Å². The van der Waals surface area contributed by atoms with Crippen molar-refractivity contribution in [2.24, 2.45) is 5.92 Å². The number of hydrogen-bond donors (Lipinski definition) is 1. The molecule has 1 heterocycles. The topological polar surface area (TPSA) is 41.6 Å². The van der Waals surface area contributed by atoms with Crippen LogP contribution < -0.4 is 10.1 Å². The fourth-order valence-electron chi connectivity index (χ4n) is 3.76. The van der Waals surface area contributed by atoms with Gasteiger partial charge in [0.15, 0.2) is 0 Å². The van der Waals surface area contributed by atoms with Gasteiger partial charge in [-0.05, 0) is 69.5 Å². The number of carbonyl (C=O) groups is 1. The maximum Gasteiger partial charge on any atom is 0.255 e. The molecule has 1 aliphatic heterocycles. The average Bonchev–Trinajstić information content (AvgIpc) is 2.66. The lowest BCUT2D eigenvalue weighted by molar-refractivity contribution is 0.0928. The Balaban J connectivity index is 1.71. The highest BCUT2D eigenvalue weighted by atomic mass is 16.5. The highest BCUT2D eigenvalue weighted by Crippen LogP contribution is 2.28. The molecule has 1 aliphatic rings. The second-order valence-electron chi connectivity index (χ2n) is 7.38. The summed E-state index contributed by atoms with van der Waals surface area (Å²) < 4.78 is 5.73. The molecule has 0 aromatic heterocycles. The predicted molar refractivity (Wildman–Crippen MR) is 107 cm³/mol. The highest BCUT2D eigenvalue weighted by Gasteiger charge is 2.22. The Labute approximate surface area is 156 Å². The quantitative estimate of drug-likeness (QED) is 0.849. The Bertz CT molecular complexity index is 749. The molecule has 0 radical (unpaired) electrons. The van der Waals surface area contributed by atoms with Gasteiger partial charge in [0, 0.05) is 12.6 Å². The minimum absolute atomic E-state index is 0.0310. The molecular formula is C22H30N2O2. The first-order chi connectivity index (χ1) is 12.6. The molecule has 0 aliphatic carbocycles. The van der Waals surface area contributed by atoms with Crippen LogP contribution in [0.2, 0.25) is 0 Å². The van der Waals surface area contributed by atoms with E-state index in [9.17, 15) is 4.79 Å². The van der Waals surface area contributed by atoms with E-state index in [2.05, 4.69) is 24.1 Å². The van der Waals surface area contributed by atoms with Crippen molar-refractivity contribution < 1.29 is 9.53 Å². The van der Waals surface area contributed by atoms with Gasteiger partial charge in [0.05, 0.1) is 12.2 Å². The van der Waals surface area contributed by atoms with Gasteiger partial charge in [-0.15, -0.1) is 0 Å². The maximum atomic E-state index is 13.0. The Morgan fingerprint density at radius 2 is 1.92 bits per heavy atom. The van der Waals surface area contributed by atoms with E-state index in [1.165, 1.54) is 0 Å². The lowest BCUT2D eigenvalue weighted by Gasteiger charge is -2.34. The number of rotatable bonds is 6. The zero-order valence-electron chi connectivity index (χ0n) is 16.1. The summed E-state index contributed by atoms with van der Waals surface area (Å²) in [6.45, 7) is 9.97. The molecule has 4 heteroatoms. The first kappa shape index (κ1) is 18.7. The van der Waals surface area contributed by atoms with E-state index in [4.69, 9.17) is 4.74 Å². The molecule has 0 saturated carbocycles. The van der Waals surface area contributed by atoms with Gasteiger partial charge in [-0.3, -0.25) is 4.79 Å². The minimum atomic E-state index is -0.0310. The maximum absolute atomic E-state index is 13.0. The van der Waals surface area contributed by atoms with Crippen LogP contribution in [0, 0.1) is 5.92 Å². The molecule has 0 unspecified atom stereocenters. The van der Waals surface area contributed by atoms with E-state index in [0.29, 0.717) is 29.9 Å². The molecule has 0 atom stereocenters. The van der Waals surface area contributed by atoms with Crippen LogP contribution in [0.25, 0.3) is 10.8 Å². The molecule has 1 N–H and O–H groups in total. The molecule has 3 rings (SSSR count). The van der Waals surface area contributed by atoms with Crippen LogP contribution in [0.15, 0.2) is 36.4 Å². The molecule has 0 bridgehead atoms. The van der Waals surface area contributed by atoms with Crippen LogP contribution in [0.5, 0.6) is 5.75 Å². The Morgan fingerprint density at radius 3 is 2.62 bits per heavy atom. The summed E-state index contributed by atoms with van der Waals surface area (Å²) in [5, 5.41) is 5.18. The monoisotopic (exact) mass is 354 g/mol. The number of ether oxygens (including phenoxy) is 1. The first-order valence-corrected chi connectivity index (χ1v) is 9.77. The number of likely N-dealkylation sites (tertiary alicyclic amines) is 1. The van der Waals surface area contributed by atoms with E-state index < -0.39 is 0 Å². The summed E-state index contributed by atoms with van der Waals surface area (Å²) in [6.07, 6.45) is 2.29. The second-order valence-corrected chi connectivity index (χ2v) is 7.38. The van der Waals surface area contributed by atoms with Gasteiger partial charge < -0.3 is 15.0 Å². The minimum Gasteiger partial charge on any atom is -0.493 e. The van der Waals surface area contributed by atoms with Gasteiger partial charge in [0.25, 0.3) is 5.91 Å².